The van der Waals surface area contributed by atoms with Gasteiger partial charge < -0.3 is 16.2 Å². The Morgan fingerprint density at radius 2 is 1.88 bits per heavy atom. The molecule has 0 saturated heterocycles. The second-order valence-corrected chi connectivity index (χ2v) is 4.48. The van der Waals surface area contributed by atoms with Gasteiger partial charge in [-0.25, -0.2) is 0 Å². The summed E-state index contributed by atoms with van der Waals surface area (Å²) in [5.41, 5.74) is 5.02. The average molecular weight is 228 g/mol. The van der Waals surface area contributed by atoms with E-state index in [-0.39, 0.29) is 11.8 Å². The van der Waals surface area contributed by atoms with Gasteiger partial charge in [0.2, 0.25) is 5.91 Å². The van der Waals surface area contributed by atoms with E-state index in [4.69, 9.17) is 10.8 Å². The molecule has 1 rings (SSSR count). The smallest absolute Gasteiger partial charge is 0.306 e. The van der Waals surface area contributed by atoms with E-state index in [0.717, 1.165) is 32.2 Å². The summed E-state index contributed by atoms with van der Waals surface area (Å²) in [5, 5.41) is 12.0. The van der Waals surface area contributed by atoms with Crippen LogP contribution in [0.3, 0.4) is 0 Å². The van der Waals surface area contributed by atoms with Crippen molar-refractivity contribution in [2.24, 2.45) is 17.6 Å². The summed E-state index contributed by atoms with van der Waals surface area (Å²) >= 11 is 0. The predicted molar refractivity (Wildman–Crippen MR) is 59.8 cm³/mol. The van der Waals surface area contributed by atoms with Crippen molar-refractivity contribution in [1.29, 1.82) is 0 Å². The molecule has 1 aliphatic carbocycles. The maximum absolute atomic E-state index is 10.7. The lowest BCUT2D eigenvalue weighted by molar-refractivity contribution is -0.143. The number of hydrogen-bond acceptors (Lipinski definition) is 3. The van der Waals surface area contributed by atoms with Crippen LogP contribution in [0.15, 0.2) is 0 Å². The second-order valence-electron chi connectivity index (χ2n) is 4.48. The van der Waals surface area contributed by atoms with E-state index in [1.807, 2.05) is 0 Å². The summed E-state index contributed by atoms with van der Waals surface area (Å²) in [6.07, 6.45) is 3.83. The highest BCUT2D eigenvalue weighted by Crippen LogP contribution is 2.28. The van der Waals surface area contributed by atoms with Gasteiger partial charge >= 0.3 is 5.97 Å². The lowest BCUT2D eigenvalue weighted by Crippen LogP contribution is -2.30. The quantitative estimate of drug-likeness (QED) is 0.572. The third kappa shape index (κ3) is 4.61. The molecule has 4 N–H and O–H groups in total. The third-order valence-corrected chi connectivity index (χ3v) is 3.18. The molecule has 0 spiro atoms. The minimum Gasteiger partial charge on any atom is -0.481 e. The van der Waals surface area contributed by atoms with Crippen molar-refractivity contribution in [3.63, 3.8) is 0 Å². The van der Waals surface area contributed by atoms with Crippen LogP contribution >= 0.6 is 0 Å². The first kappa shape index (κ1) is 13.0. The molecule has 1 fully saturated rings. The van der Waals surface area contributed by atoms with E-state index in [0.29, 0.717) is 18.9 Å². The molecule has 0 aromatic heterocycles. The number of nitrogens with two attached hydrogens (primary N) is 1. The van der Waals surface area contributed by atoms with E-state index >= 15 is 0 Å². The number of carbonyl (C=O) groups is 2. The van der Waals surface area contributed by atoms with Gasteiger partial charge in [-0.05, 0) is 38.1 Å². The Balaban J connectivity index is 2.08. The first-order chi connectivity index (χ1) is 7.59. The highest BCUT2D eigenvalue weighted by atomic mass is 16.4. The van der Waals surface area contributed by atoms with Gasteiger partial charge in [0.1, 0.15) is 0 Å². The second kappa shape index (κ2) is 6.48. The summed E-state index contributed by atoms with van der Waals surface area (Å²) in [6, 6.07) is 0. The third-order valence-electron chi connectivity index (χ3n) is 3.18. The van der Waals surface area contributed by atoms with Crippen LogP contribution in [-0.2, 0) is 9.59 Å². The van der Waals surface area contributed by atoms with Gasteiger partial charge in [-0.15, -0.1) is 0 Å². The molecule has 0 aromatic rings. The molecule has 92 valence electrons. The van der Waals surface area contributed by atoms with Crippen LogP contribution in [0.25, 0.3) is 0 Å². The van der Waals surface area contributed by atoms with Crippen LogP contribution in [-0.4, -0.2) is 30.1 Å². The first-order valence-corrected chi connectivity index (χ1v) is 5.81. The van der Waals surface area contributed by atoms with Crippen molar-refractivity contribution in [2.45, 2.75) is 32.1 Å². The molecule has 0 aliphatic heterocycles. The van der Waals surface area contributed by atoms with Gasteiger partial charge in [-0.1, -0.05) is 0 Å². The first-order valence-electron chi connectivity index (χ1n) is 5.81. The van der Waals surface area contributed by atoms with Crippen molar-refractivity contribution in [1.82, 2.24) is 5.32 Å². The van der Waals surface area contributed by atoms with E-state index < -0.39 is 5.97 Å². The van der Waals surface area contributed by atoms with Crippen LogP contribution in [0.5, 0.6) is 0 Å². The minimum absolute atomic E-state index is 0.151. The zero-order valence-electron chi connectivity index (χ0n) is 9.45. The van der Waals surface area contributed by atoms with E-state index in [1.54, 1.807) is 0 Å². The molecule has 5 nitrogen and oxygen atoms in total. The number of nitrogens with one attached hydrogen (secondary N) is 1. The number of carboxylic acids is 1. The predicted octanol–water partition coefficient (Wildman–Crippen LogP) is 0.342. The SMILES string of the molecule is NC(=O)CCNCC1CCC(C(=O)O)CC1. The van der Waals surface area contributed by atoms with Gasteiger partial charge in [0.25, 0.3) is 0 Å². The maximum atomic E-state index is 10.7. The molecular formula is C11H20N2O3. The normalized spacial score (nSPS) is 25.2. The van der Waals surface area contributed by atoms with E-state index in [9.17, 15) is 9.59 Å². The Kier molecular flexibility index (Phi) is 5.25. The summed E-state index contributed by atoms with van der Waals surface area (Å²) in [7, 11) is 0. The van der Waals surface area contributed by atoms with Gasteiger partial charge in [-0.3, -0.25) is 9.59 Å². The van der Waals surface area contributed by atoms with Crippen molar-refractivity contribution >= 4 is 11.9 Å². The molecule has 5 heteroatoms. The minimum atomic E-state index is -0.667. The largest absolute Gasteiger partial charge is 0.481 e. The Hall–Kier alpha value is -1.10. The standard InChI is InChI=1S/C11H20N2O3/c12-10(14)5-6-13-7-8-1-3-9(4-2-8)11(15)16/h8-9,13H,1-7H2,(H2,12,14)(H,15,16). The lowest BCUT2D eigenvalue weighted by atomic mass is 9.82. The zero-order valence-corrected chi connectivity index (χ0v) is 9.45. The van der Waals surface area contributed by atoms with Gasteiger partial charge in [-0.2, -0.15) is 0 Å². The molecule has 1 saturated carbocycles. The summed E-state index contributed by atoms with van der Waals surface area (Å²) in [5.74, 6) is -0.562. The molecule has 0 aromatic carbocycles. The molecule has 1 amide bonds. The zero-order chi connectivity index (χ0) is 12.0. The molecule has 0 heterocycles. The van der Waals surface area contributed by atoms with Crippen LogP contribution < -0.4 is 11.1 Å². The number of aliphatic carboxylic acids is 1. The van der Waals surface area contributed by atoms with Crippen LogP contribution in [0.1, 0.15) is 32.1 Å². The van der Waals surface area contributed by atoms with Crippen LogP contribution in [0, 0.1) is 11.8 Å². The monoisotopic (exact) mass is 228 g/mol. The van der Waals surface area contributed by atoms with Crippen molar-refractivity contribution in [3.05, 3.63) is 0 Å². The average Bonchev–Trinajstić information content (AvgIpc) is 2.25. The van der Waals surface area contributed by atoms with E-state index in [1.165, 1.54) is 0 Å². The number of carbonyl (C=O) groups excluding carboxylic acids is 1. The van der Waals surface area contributed by atoms with Gasteiger partial charge in [0.15, 0.2) is 0 Å². The number of rotatable bonds is 6. The highest BCUT2D eigenvalue weighted by Gasteiger charge is 2.25. The molecule has 0 radical (unpaired) electrons. The summed E-state index contributed by atoms with van der Waals surface area (Å²) < 4.78 is 0. The molecule has 0 atom stereocenters. The Bertz CT molecular complexity index is 248. The number of carboxylic acid groups (broad SMARTS) is 1. The maximum Gasteiger partial charge on any atom is 0.306 e. The number of primary amides is 1. The fourth-order valence-corrected chi connectivity index (χ4v) is 2.13. The summed E-state index contributed by atoms with van der Waals surface area (Å²) in [4.78, 5) is 21.2. The molecule has 1 aliphatic rings. The Morgan fingerprint density at radius 1 is 1.25 bits per heavy atom. The Labute approximate surface area is 95.4 Å². The topological polar surface area (TPSA) is 92.4 Å². The summed E-state index contributed by atoms with van der Waals surface area (Å²) in [6.45, 7) is 1.48. The van der Waals surface area contributed by atoms with Crippen molar-refractivity contribution in [3.8, 4) is 0 Å². The van der Waals surface area contributed by atoms with Gasteiger partial charge in [0, 0.05) is 13.0 Å². The number of hydrogen-bond donors (Lipinski definition) is 3. The molecular weight excluding hydrogens is 208 g/mol. The fourth-order valence-electron chi connectivity index (χ4n) is 2.13. The van der Waals surface area contributed by atoms with Gasteiger partial charge in [0.05, 0.1) is 5.92 Å². The molecule has 0 unspecified atom stereocenters. The van der Waals surface area contributed by atoms with Crippen LogP contribution in [0.2, 0.25) is 0 Å². The fraction of sp³-hybridized carbons (Fsp3) is 0.818. The molecule has 16 heavy (non-hydrogen) atoms. The van der Waals surface area contributed by atoms with E-state index in [2.05, 4.69) is 5.32 Å². The number of amides is 1. The van der Waals surface area contributed by atoms with Crippen LogP contribution in [0.4, 0.5) is 0 Å². The molecule has 0 bridgehead atoms. The van der Waals surface area contributed by atoms with Crippen molar-refractivity contribution in [2.75, 3.05) is 13.1 Å². The highest BCUT2D eigenvalue weighted by molar-refractivity contribution is 5.73. The lowest BCUT2D eigenvalue weighted by Gasteiger charge is -2.26. The van der Waals surface area contributed by atoms with Crippen molar-refractivity contribution < 1.29 is 14.7 Å². The Morgan fingerprint density at radius 3 is 2.38 bits per heavy atom.